The highest BCUT2D eigenvalue weighted by Crippen LogP contribution is 2.25. The van der Waals surface area contributed by atoms with E-state index in [0.29, 0.717) is 17.1 Å². The third-order valence-electron chi connectivity index (χ3n) is 2.79. The fraction of sp³-hybridized carbons (Fsp3) is 0.500. The van der Waals surface area contributed by atoms with E-state index in [0.717, 1.165) is 18.4 Å². The number of halogens is 1. The average molecular weight is 301 g/mol. The van der Waals surface area contributed by atoms with Gasteiger partial charge in [0.1, 0.15) is 0 Å². The standard InChI is InChI=1S/C12H17BrN2O2/c1-3-10(4-2)14-8-9-5-6-11(13)12(7-9)15(16)17/h5-7,10,14H,3-4,8H2,1-2H3. The van der Waals surface area contributed by atoms with Crippen molar-refractivity contribution in [3.05, 3.63) is 38.3 Å². The highest BCUT2D eigenvalue weighted by molar-refractivity contribution is 9.10. The summed E-state index contributed by atoms with van der Waals surface area (Å²) >= 11 is 3.18. The molecule has 0 fully saturated rings. The molecule has 94 valence electrons. The monoisotopic (exact) mass is 300 g/mol. The molecule has 0 bridgehead atoms. The Morgan fingerprint density at radius 1 is 1.41 bits per heavy atom. The van der Waals surface area contributed by atoms with Gasteiger partial charge < -0.3 is 5.32 Å². The second kappa shape index (κ2) is 6.71. The molecule has 0 saturated heterocycles. The van der Waals surface area contributed by atoms with Crippen LogP contribution < -0.4 is 5.32 Å². The van der Waals surface area contributed by atoms with Crippen LogP contribution in [0.15, 0.2) is 22.7 Å². The molecule has 17 heavy (non-hydrogen) atoms. The highest BCUT2D eigenvalue weighted by Gasteiger charge is 2.12. The van der Waals surface area contributed by atoms with Crippen molar-refractivity contribution in [1.82, 2.24) is 5.32 Å². The summed E-state index contributed by atoms with van der Waals surface area (Å²) in [5.41, 5.74) is 1.06. The van der Waals surface area contributed by atoms with Gasteiger partial charge in [-0.1, -0.05) is 19.9 Å². The Bertz CT molecular complexity index is 392. The lowest BCUT2D eigenvalue weighted by Gasteiger charge is -2.14. The molecule has 0 radical (unpaired) electrons. The van der Waals surface area contributed by atoms with Crippen LogP contribution in [0.4, 0.5) is 5.69 Å². The van der Waals surface area contributed by atoms with Crippen LogP contribution in [-0.2, 0) is 6.54 Å². The molecule has 1 N–H and O–H groups in total. The van der Waals surface area contributed by atoms with Crippen LogP contribution in [0.2, 0.25) is 0 Å². The van der Waals surface area contributed by atoms with Gasteiger partial charge in [-0.25, -0.2) is 0 Å². The lowest BCUT2D eigenvalue weighted by atomic mass is 10.1. The molecule has 1 aromatic rings. The van der Waals surface area contributed by atoms with Crippen molar-refractivity contribution >= 4 is 21.6 Å². The molecule has 0 unspecified atom stereocenters. The van der Waals surface area contributed by atoms with Crippen molar-refractivity contribution in [1.29, 1.82) is 0 Å². The minimum atomic E-state index is -0.370. The SMILES string of the molecule is CCC(CC)NCc1ccc(Br)c([N+](=O)[O-])c1. The predicted molar refractivity (Wildman–Crippen MR) is 72.0 cm³/mol. The molecule has 0 amide bonds. The van der Waals surface area contributed by atoms with Crippen molar-refractivity contribution in [2.24, 2.45) is 0 Å². The van der Waals surface area contributed by atoms with E-state index in [1.807, 2.05) is 6.07 Å². The van der Waals surface area contributed by atoms with Crippen LogP contribution in [0.25, 0.3) is 0 Å². The molecule has 4 nitrogen and oxygen atoms in total. The number of nitrogens with one attached hydrogen (secondary N) is 1. The molecule has 0 spiro atoms. The van der Waals surface area contributed by atoms with Gasteiger partial charge in [-0.15, -0.1) is 0 Å². The Morgan fingerprint density at radius 2 is 2.06 bits per heavy atom. The Kier molecular flexibility index (Phi) is 5.58. The molecule has 5 heteroatoms. The fourth-order valence-electron chi connectivity index (χ4n) is 1.65. The number of nitrogens with zero attached hydrogens (tertiary/aromatic N) is 1. The van der Waals surface area contributed by atoms with Crippen LogP contribution in [0.3, 0.4) is 0 Å². The highest BCUT2D eigenvalue weighted by atomic mass is 79.9. The molecule has 0 saturated carbocycles. The third-order valence-corrected chi connectivity index (χ3v) is 3.46. The summed E-state index contributed by atoms with van der Waals surface area (Å²) in [6.07, 6.45) is 2.13. The zero-order chi connectivity index (χ0) is 12.8. The zero-order valence-electron chi connectivity index (χ0n) is 10.1. The van der Waals surface area contributed by atoms with Crippen LogP contribution in [-0.4, -0.2) is 11.0 Å². The van der Waals surface area contributed by atoms with Crippen molar-refractivity contribution in [3.8, 4) is 0 Å². The lowest BCUT2D eigenvalue weighted by molar-refractivity contribution is -0.385. The largest absolute Gasteiger partial charge is 0.310 e. The summed E-state index contributed by atoms with van der Waals surface area (Å²) in [7, 11) is 0. The van der Waals surface area contributed by atoms with Crippen molar-refractivity contribution in [3.63, 3.8) is 0 Å². The first kappa shape index (κ1) is 14.1. The first-order chi connectivity index (χ1) is 8.08. The van der Waals surface area contributed by atoms with Gasteiger partial charge in [0.2, 0.25) is 0 Å². The Labute approximate surface area is 110 Å². The van der Waals surface area contributed by atoms with Crippen LogP contribution in [0.1, 0.15) is 32.3 Å². The summed E-state index contributed by atoms with van der Waals surface area (Å²) < 4.78 is 0.522. The topological polar surface area (TPSA) is 55.2 Å². The molecule has 0 aliphatic rings. The van der Waals surface area contributed by atoms with Crippen LogP contribution in [0.5, 0.6) is 0 Å². The first-order valence-corrected chi connectivity index (χ1v) is 6.54. The van der Waals surface area contributed by atoms with Gasteiger partial charge in [0.05, 0.1) is 9.40 Å². The van der Waals surface area contributed by atoms with Crippen molar-refractivity contribution < 1.29 is 4.92 Å². The maximum atomic E-state index is 10.8. The van der Waals surface area contributed by atoms with Crippen LogP contribution in [0, 0.1) is 10.1 Å². The minimum absolute atomic E-state index is 0.119. The Morgan fingerprint density at radius 3 is 2.59 bits per heavy atom. The van der Waals surface area contributed by atoms with Gasteiger partial charge in [-0.3, -0.25) is 10.1 Å². The molecular weight excluding hydrogens is 284 g/mol. The maximum absolute atomic E-state index is 10.8. The predicted octanol–water partition coefficient (Wildman–Crippen LogP) is 3.64. The second-order valence-electron chi connectivity index (χ2n) is 3.94. The fourth-order valence-corrected chi connectivity index (χ4v) is 2.04. The Balaban J connectivity index is 2.72. The molecule has 1 aromatic carbocycles. The molecule has 0 heterocycles. The lowest BCUT2D eigenvalue weighted by Crippen LogP contribution is -2.26. The normalized spacial score (nSPS) is 10.8. The van der Waals surface area contributed by atoms with Crippen molar-refractivity contribution in [2.75, 3.05) is 0 Å². The molecule has 0 aromatic heterocycles. The summed E-state index contributed by atoms with van der Waals surface area (Å²) in [4.78, 5) is 10.4. The summed E-state index contributed by atoms with van der Waals surface area (Å²) in [6, 6.07) is 5.70. The minimum Gasteiger partial charge on any atom is -0.310 e. The Hall–Kier alpha value is -0.940. The van der Waals surface area contributed by atoms with E-state index in [1.54, 1.807) is 12.1 Å². The van der Waals surface area contributed by atoms with E-state index >= 15 is 0 Å². The van der Waals surface area contributed by atoms with Crippen LogP contribution >= 0.6 is 15.9 Å². The number of rotatable bonds is 6. The van der Waals surface area contributed by atoms with E-state index in [1.165, 1.54) is 0 Å². The quantitative estimate of drug-likeness (QED) is 0.644. The maximum Gasteiger partial charge on any atom is 0.283 e. The number of hydrogen-bond acceptors (Lipinski definition) is 3. The molecule has 0 aliphatic carbocycles. The molecule has 0 aliphatic heterocycles. The summed E-state index contributed by atoms with van der Waals surface area (Å²) in [5.74, 6) is 0. The van der Waals surface area contributed by atoms with Gasteiger partial charge in [-0.05, 0) is 40.4 Å². The average Bonchev–Trinajstić information content (AvgIpc) is 2.32. The van der Waals surface area contributed by atoms with E-state index in [-0.39, 0.29) is 10.6 Å². The number of nitro groups is 1. The number of nitro benzene ring substituents is 1. The van der Waals surface area contributed by atoms with E-state index in [9.17, 15) is 10.1 Å². The van der Waals surface area contributed by atoms with E-state index < -0.39 is 0 Å². The van der Waals surface area contributed by atoms with Gasteiger partial charge in [0.15, 0.2) is 0 Å². The number of hydrogen-bond donors (Lipinski definition) is 1. The van der Waals surface area contributed by atoms with Gasteiger partial charge in [0.25, 0.3) is 5.69 Å². The zero-order valence-corrected chi connectivity index (χ0v) is 11.7. The third kappa shape index (κ3) is 4.09. The van der Waals surface area contributed by atoms with Gasteiger partial charge in [0, 0.05) is 18.7 Å². The van der Waals surface area contributed by atoms with Gasteiger partial charge >= 0.3 is 0 Å². The van der Waals surface area contributed by atoms with Crippen molar-refractivity contribution in [2.45, 2.75) is 39.3 Å². The van der Waals surface area contributed by atoms with E-state index in [4.69, 9.17) is 0 Å². The number of benzene rings is 1. The van der Waals surface area contributed by atoms with E-state index in [2.05, 4.69) is 35.1 Å². The molecule has 0 atom stereocenters. The summed E-state index contributed by atoms with van der Waals surface area (Å²) in [5, 5.41) is 14.2. The smallest absolute Gasteiger partial charge is 0.283 e. The molecular formula is C12H17BrN2O2. The molecule has 1 rings (SSSR count). The van der Waals surface area contributed by atoms with Gasteiger partial charge in [-0.2, -0.15) is 0 Å². The second-order valence-corrected chi connectivity index (χ2v) is 4.79. The first-order valence-electron chi connectivity index (χ1n) is 5.74. The summed E-state index contributed by atoms with van der Waals surface area (Å²) in [6.45, 7) is 4.93.